The molecule has 1 aliphatic heterocycles. The predicted octanol–water partition coefficient (Wildman–Crippen LogP) is 3.39. The molecule has 0 spiro atoms. The van der Waals surface area contributed by atoms with E-state index in [1.54, 1.807) is 11.6 Å². The Morgan fingerprint density at radius 3 is 2.62 bits per heavy atom. The van der Waals surface area contributed by atoms with E-state index in [-0.39, 0.29) is 5.91 Å². The van der Waals surface area contributed by atoms with Crippen LogP contribution in [0.5, 0.6) is 0 Å². The van der Waals surface area contributed by atoms with E-state index in [9.17, 15) is 4.79 Å². The number of carbonyl (C=O) groups excluding carboxylic acids is 1. The fraction of sp³-hybridized carbons (Fsp3) is 0.417. The second-order valence-electron chi connectivity index (χ2n) is 9.19. The van der Waals surface area contributed by atoms with Crippen molar-refractivity contribution in [3.8, 4) is 22.5 Å². The zero-order chi connectivity index (χ0) is 22.1. The van der Waals surface area contributed by atoms with Crippen molar-refractivity contribution in [3.05, 3.63) is 41.6 Å². The van der Waals surface area contributed by atoms with E-state index in [0.29, 0.717) is 12.5 Å². The number of aryl methyl sites for hydroxylation is 3. The summed E-state index contributed by atoms with van der Waals surface area (Å²) in [5.41, 5.74) is 7.48. The molecule has 3 aromatic heterocycles. The lowest BCUT2D eigenvalue weighted by Gasteiger charge is -2.28. The highest BCUT2D eigenvalue weighted by Crippen LogP contribution is 2.43. The average molecular weight is 430 g/mol. The lowest BCUT2D eigenvalue weighted by molar-refractivity contribution is -0.130. The Hall–Kier alpha value is -3.42. The summed E-state index contributed by atoms with van der Waals surface area (Å²) in [5.74, 6) is 1.87. The van der Waals surface area contributed by atoms with Crippen molar-refractivity contribution in [2.24, 2.45) is 14.1 Å². The van der Waals surface area contributed by atoms with Crippen LogP contribution in [-0.2, 0) is 32.0 Å². The highest BCUT2D eigenvalue weighted by molar-refractivity contribution is 5.96. The van der Waals surface area contributed by atoms with Crippen LogP contribution in [0.25, 0.3) is 33.4 Å². The van der Waals surface area contributed by atoms with E-state index in [2.05, 4.69) is 28.7 Å². The Labute approximate surface area is 186 Å². The molecule has 0 bridgehead atoms. The van der Waals surface area contributed by atoms with Gasteiger partial charge in [-0.25, -0.2) is 4.98 Å². The maximum atomic E-state index is 12.1. The van der Waals surface area contributed by atoms with Crippen molar-refractivity contribution >= 4 is 16.8 Å². The summed E-state index contributed by atoms with van der Waals surface area (Å²) in [6.07, 6.45) is 6.27. The molecule has 2 aliphatic rings. The number of aromatic nitrogens is 6. The SMILES string of the molecule is CC(=O)N1CCn2c(C3CC3)nc(-c3cc4c(-c5cnn(C)c5)nn(C)c4cc3C)c2C1. The highest BCUT2D eigenvalue weighted by Gasteiger charge is 2.34. The van der Waals surface area contributed by atoms with Gasteiger partial charge in [0.1, 0.15) is 11.5 Å². The second kappa shape index (κ2) is 6.79. The first-order chi connectivity index (χ1) is 15.4. The van der Waals surface area contributed by atoms with Crippen molar-refractivity contribution in [3.63, 3.8) is 0 Å². The summed E-state index contributed by atoms with van der Waals surface area (Å²) >= 11 is 0. The number of benzene rings is 1. The lowest BCUT2D eigenvalue weighted by atomic mass is 9.99. The van der Waals surface area contributed by atoms with Crippen molar-refractivity contribution in [1.29, 1.82) is 0 Å². The number of fused-ring (bicyclic) bond motifs is 2. The third-order valence-electron chi connectivity index (χ3n) is 6.85. The summed E-state index contributed by atoms with van der Waals surface area (Å²) in [7, 11) is 3.90. The zero-order valence-electron chi connectivity index (χ0n) is 19.0. The van der Waals surface area contributed by atoms with Gasteiger partial charge in [-0.15, -0.1) is 0 Å². The Bertz CT molecular complexity index is 1390. The Morgan fingerprint density at radius 2 is 1.94 bits per heavy atom. The van der Waals surface area contributed by atoms with Crippen LogP contribution in [0.3, 0.4) is 0 Å². The monoisotopic (exact) mass is 429 g/mol. The number of hydrogen-bond donors (Lipinski definition) is 0. The van der Waals surface area contributed by atoms with Crippen molar-refractivity contribution in [2.45, 2.75) is 45.7 Å². The molecule has 1 saturated carbocycles. The van der Waals surface area contributed by atoms with Crippen LogP contribution < -0.4 is 0 Å². The standard InChI is InChI=1S/C24H27N7O/c1-14-9-20-19(22(27-29(20)4)17-11-25-28(3)12-17)10-18(14)23-21-13-30(15(2)32)7-8-31(21)24(26-23)16-5-6-16/h9-12,16H,5-8,13H2,1-4H3. The molecular formula is C24H27N7O. The molecule has 1 amide bonds. The van der Waals surface area contributed by atoms with Crippen molar-refractivity contribution in [2.75, 3.05) is 6.54 Å². The smallest absolute Gasteiger partial charge is 0.219 e. The summed E-state index contributed by atoms with van der Waals surface area (Å²) in [5, 5.41) is 10.2. The maximum absolute atomic E-state index is 12.1. The van der Waals surface area contributed by atoms with E-state index in [1.165, 1.54) is 24.2 Å². The van der Waals surface area contributed by atoms with Crippen LogP contribution in [0.2, 0.25) is 0 Å². The normalized spacial score (nSPS) is 16.1. The number of hydrogen-bond acceptors (Lipinski definition) is 4. The average Bonchev–Trinajstić information content (AvgIpc) is 3.29. The van der Waals surface area contributed by atoms with E-state index in [0.717, 1.165) is 52.2 Å². The maximum Gasteiger partial charge on any atom is 0.219 e. The first-order valence-electron chi connectivity index (χ1n) is 11.2. The zero-order valence-corrected chi connectivity index (χ0v) is 19.0. The first-order valence-corrected chi connectivity index (χ1v) is 11.2. The predicted molar refractivity (Wildman–Crippen MR) is 122 cm³/mol. The molecule has 1 aromatic carbocycles. The van der Waals surface area contributed by atoms with Gasteiger partial charge in [0.25, 0.3) is 0 Å². The minimum absolute atomic E-state index is 0.120. The van der Waals surface area contributed by atoms with Crippen LogP contribution in [0.1, 0.15) is 42.8 Å². The van der Waals surface area contributed by atoms with Gasteiger partial charge in [-0.1, -0.05) is 0 Å². The number of rotatable bonds is 3. The summed E-state index contributed by atoms with van der Waals surface area (Å²) in [4.78, 5) is 19.2. The third kappa shape index (κ3) is 2.89. The largest absolute Gasteiger partial charge is 0.335 e. The molecule has 0 unspecified atom stereocenters. The van der Waals surface area contributed by atoms with E-state index in [1.807, 2.05) is 36.1 Å². The molecule has 4 heterocycles. The second-order valence-corrected chi connectivity index (χ2v) is 9.19. The van der Waals surface area contributed by atoms with E-state index in [4.69, 9.17) is 10.1 Å². The van der Waals surface area contributed by atoms with Crippen LogP contribution in [0.4, 0.5) is 0 Å². The molecule has 8 nitrogen and oxygen atoms in total. The van der Waals surface area contributed by atoms with Gasteiger partial charge in [0.05, 0.1) is 29.6 Å². The number of nitrogens with zero attached hydrogens (tertiary/aromatic N) is 7. The molecule has 0 radical (unpaired) electrons. The molecule has 4 aromatic rings. The van der Waals surface area contributed by atoms with Crippen molar-refractivity contribution in [1.82, 2.24) is 34.0 Å². The lowest BCUT2D eigenvalue weighted by Crippen LogP contribution is -2.37. The highest BCUT2D eigenvalue weighted by atomic mass is 16.2. The fourth-order valence-corrected chi connectivity index (χ4v) is 4.95. The molecule has 164 valence electrons. The van der Waals surface area contributed by atoms with Gasteiger partial charge < -0.3 is 9.47 Å². The van der Waals surface area contributed by atoms with Gasteiger partial charge in [-0.05, 0) is 37.5 Å². The molecule has 32 heavy (non-hydrogen) atoms. The fourth-order valence-electron chi connectivity index (χ4n) is 4.95. The van der Waals surface area contributed by atoms with E-state index < -0.39 is 0 Å². The molecule has 6 rings (SSSR count). The molecule has 0 N–H and O–H groups in total. The van der Waals surface area contributed by atoms with Gasteiger partial charge in [-0.3, -0.25) is 14.2 Å². The van der Waals surface area contributed by atoms with Gasteiger partial charge >= 0.3 is 0 Å². The van der Waals surface area contributed by atoms with Crippen LogP contribution in [0.15, 0.2) is 24.5 Å². The minimum atomic E-state index is 0.120. The van der Waals surface area contributed by atoms with Crippen LogP contribution in [-0.4, -0.2) is 46.5 Å². The Balaban J connectivity index is 1.56. The third-order valence-corrected chi connectivity index (χ3v) is 6.85. The van der Waals surface area contributed by atoms with Crippen LogP contribution in [0, 0.1) is 6.92 Å². The van der Waals surface area contributed by atoms with Gasteiger partial charge in [-0.2, -0.15) is 10.2 Å². The summed E-state index contributed by atoms with van der Waals surface area (Å²) in [6.45, 7) is 5.98. The number of amides is 1. The number of imidazole rings is 1. The topological polar surface area (TPSA) is 73.8 Å². The molecule has 8 heteroatoms. The summed E-state index contributed by atoms with van der Waals surface area (Å²) < 4.78 is 6.11. The quantitative estimate of drug-likeness (QED) is 0.500. The molecule has 0 atom stereocenters. The summed E-state index contributed by atoms with van der Waals surface area (Å²) in [6, 6.07) is 4.43. The Morgan fingerprint density at radius 1 is 1.12 bits per heavy atom. The molecule has 1 aliphatic carbocycles. The van der Waals surface area contributed by atoms with E-state index >= 15 is 0 Å². The number of carbonyl (C=O) groups is 1. The van der Waals surface area contributed by atoms with Gasteiger partial charge in [0, 0.05) is 62.7 Å². The van der Waals surface area contributed by atoms with Crippen molar-refractivity contribution < 1.29 is 4.79 Å². The van der Waals surface area contributed by atoms with Crippen LogP contribution >= 0.6 is 0 Å². The molecular weight excluding hydrogens is 402 g/mol. The van der Waals surface area contributed by atoms with Gasteiger partial charge in [0.2, 0.25) is 5.91 Å². The minimum Gasteiger partial charge on any atom is -0.335 e. The Kier molecular flexibility index (Phi) is 4.09. The van der Waals surface area contributed by atoms with Gasteiger partial charge in [0.15, 0.2) is 0 Å². The first kappa shape index (κ1) is 19.3. The molecule has 0 saturated heterocycles. The molecule has 1 fully saturated rings.